The van der Waals surface area contributed by atoms with Crippen LogP contribution in [0.4, 0.5) is 11.4 Å². The summed E-state index contributed by atoms with van der Waals surface area (Å²) in [6, 6.07) is 7.94. The number of nitro groups is 1. The van der Waals surface area contributed by atoms with Gasteiger partial charge in [0.25, 0.3) is 5.69 Å². The summed E-state index contributed by atoms with van der Waals surface area (Å²) in [6.45, 7) is 1.71. The van der Waals surface area contributed by atoms with E-state index in [1.807, 2.05) is 6.07 Å². The molecule has 1 N–H and O–H groups in total. The highest BCUT2D eigenvalue weighted by Gasteiger charge is 2.17. The molecular formula is C13H16N4O3. The third kappa shape index (κ3) is 3.95. The Bertz CT molecular complexity index is 539. The van der Waals surface area contributed by atoms with Gasteiger partial charge in [0, 0.05) is 19.2 Å². The topological polar surface area (TPSA) is 99.3 Å². The molecule has 0 aromatic heterocycles. The Morgan fingerprint density at radius 3 is 2.80 bits per heavy atom. The number of carbonyl (C=O) groups is 1. The van der Waals surface area contributed by atoms with Gasteiger partial charge in [-0.3, -0.25) is 14.9 Å². The van der Waals surface area contributed by atoms with E-state index < -0.39 is 4.92 Å². The van der Waals surface area contributed by atoms with Crippen molar-refractivity contribution in [3.05, 3.63) is 34.4 Å². The second-order valence-electron chi connectivity index (χ2n) is 4.34. The summed E-state index contributed by atoms with van der Waals surface area (Å²) in [7, 11) is 1.60. The first-order valence-electron chi connectivity index (χ1n) is 6.07. The van der Waals surface area contributed by atoms with Gasteiger partial charge in [-0.1, -0.05) is 12.1 Å². The molecule has 0 spiro atoms. The highest BCUT2D eigenvalue weighted by Crippen LogP contribution is 2.22. The van der Waals surface area contributed by atoms with E-state index >= 15 is 0 Å². The van der Waals surface area contributed by atoms with E-state index in [1.54, 1.807) is 32.2 Å². The number of nitriles is 1. The van der Waals surface area contributed by atoms with Gasteiger partial charge >= 0.3 is 0 Å². The van der Waals surface area contributed by atoms with Crippen molar-refractivity contribution in [3.8, 4) is 6.07 Å². The van der Waals surface area contributed by atoms with Crippen molar-refractivity contribution in [2.24, 2.45) is 0 Å². The predicted molar refractivity (Wildman–Crippen MR) is 74.0 cm³/mol. The number of anilines is 1. The number of amides is 1. The molecule has 106 valence electrons. The molecule has 0 radical (unpaired) electrons. The summed E-state index contributed by atoms with van der Waals surface area (Å²) in [5.41, 5.74) is 0.222. The maximum Gasteiger partial charge on any atom is 0.292 e. The maximum absolute atomic E-state index is 11.9. The van der Waals surface area contributed by atoms with Crippen LogP contribution >= 0.6 is 0 Å². The van der Waals surface area contributed by atoms with Crippen molar-refractivity contribution in [1.29, 1.82) is 5.26 Å². The molecule has 0 heterocycles. The van der Waals surface area contributed by atoms with E-state index in [2.05, 4.69) is 5.32 Å². The fourth-order valence-electron chi connectivity index (χ4n) is 1.59. The number of likely N-dealkylation sites (N-methyl/N-ethyl adjacent to an activating group) is 1. The van der Waals surface area contributed by atoms with Gasteiger partial charge in [-0.05, 0) is 13.0 Å². The average molecular weight is 276 g/mol. The zero-order chi connectivity index (χ0) is 15.1. The number of nitrogens with one attached hydrogen (secondary N) is 1. The number of benzene rings is 1. The molecule has 1 aromatic rings. The van der Waals surface area contributed by atoms with Gasteiger partial charge in [0.1, 0.15) is 5.69 Å². The Labute approximate surface area is 117 Å². The van der Waals surface area contributed by atoms with Crippen LogP contribution in [-0.2, 0) is 4.79 Å². The summed E-state index contributed by atoms with van der Waals surface area (Å²) in [4.78, 5) is 23.7. The molecule has 0 saturated heterocycles. The van der Waals surface area contributed by atoms with Gasteiger partial charge in [-0.2, -0.15) is 5.26 Å². The van der Waals surface area contributed by atoms with E-state index in [0.29, 0.717) is 5.69 Å². The number of hydrogen-bond donors (Lipinski definition) is 1. The van der Waals surface area contributed by atoms with Crippen LogP contribution in [0.2, 0.25) is 0 Å². The first kappa shape index (κ1) is 15.4. The molecule has 7 heteroatoms. The quantitative estimate of drug-likeness (QED) is 0.630. The van der Waals surface area contributed by atoms with Crippen molar-refractivity contribution < 1.29 is 9.72 Å². The Morgan fingerprint density at radius 1 is 1.55 bits per heavy atom. The number of carbonyl (C=O) groups excluding carboxylic acids is 1. The van der Waals surface area contributed by atoms with Crippen molar-refractivity contribution in [2.75, 3.05) is 18.9 Å². The molecule has 1 aromatic carbocycles. The highest BCUT2D eigenvalue weighted by molar-refractivity contribution is 5.81. The lowest BCUT2D eigenvalue weighted by Crippen LogP contribution is -2.38. The standard InChI is InChI=1S/C13H16N4O3/c1-10(7-8-14)16(2)13(18)9-15-11-5-3-4-6-12(11)17(19)20/h3-6,10,15H,7,9H2,1-2H3. The Balaban J connectivity index is 2.66. The van der Waals surface area contributed by atoms with E-state index in [4.69, 9.17) is 5.26 Å². The van der Waals surface area contributed by atoms with Crippen LogP contribution in [0.1, 0.15) is 13.3 Å². The molecule has 0 aliphatic heterocycles. The molecule has 1 rings (SSSR count). The smallest absolute Gasteiger partial charge is 0.292 e. The van der Waals surface area contributed by atoms with E-state index in [-0.39, 0.29) is 30.6 Å². The maximum atomic E-state index is 11.9. The summed E-state index contributed by atoms with van der Waals surface area (Å²) in [5, 5.41) is 22.2. The molecule has 0 fully saturated rings. The fraction of sp³-hybridized carbons (Fsp3) is 0.385. The second kappa shape index (κ2) is 7.09. The minimum Gasteiger partial charge on any atom is -0.371 e. The lowest BCUT2D eigenvalue weighted by atomic mass is 10.2. The fourth-order valence-corrected chi connectivity index (χ4v) is 1.59. The van der Waals surface area contributed by atoms with Gasteiger partial charge in [-0.15, -0.1) is 0 Å². The summed E-state index contributed by atoms with van der Waals surface area (Å²) in [5.74, 6) is -0.231. The van der Waals surface area contributed by atoms with Crippen LogP contribution in [0.3, 0.4) is 0 Å². The van der Waals surface area contributed by atoms with E-state index in [0.717, 1.165) is 0 Å². The number of hydrogen-bond acceptors (Lipinski definition) is 5. The molecule has 0 saturated carbocycles. The van der Waals surface area contributed by atoms with Crippen molar-refractivity contribution in [1.82, 2.24) is 4.90 Å². The molecule has 0 bridgehead atoms. The summed E-state index contributed by atoms with van der Waals surface area (Å²) in [6.07, 6.45) is 0.244. The lowest BCUT2D eigenvalue weighted by Gasteiger charge is -2.23. The molecule has 0 aliphatic carbocycles. The predicted octanol–water partition coefficient (Wildman–Crippen LogP) is 1.77. The lowest BCUT2D eigenvalue weighted by molar-refractivity contribution is -0.383. The normalized spacial score (nSPS) is 11.2. The zero-order valence-electron chi connectivity index (χ0n) is 11.4. The minimum absolute atomic E-state index is 0.0584. The molecule has 1 atom stereocenters. The largest absolute Gasteiger partial charge is 0.371 e. The molecule has 20 heavy (non-hydrogen) atoms. The Kier molecular flexibility index (Phi) is 5.47. The van der Waals surface area contributed by atoms with E-state index in [9.17, 15) is 14.9 Å². The third-order valence-corrected chi connectivity index (χ3v) is 2.97. The van der Waals surface area contributed by atoms with Gasteiger partial charge in [0.15, 0.2) is 0 Å². The molecule has 7 nitrogen and oxygen atoms in total. The average Bonchev–Trinajstić information content (AvgIpc) is 2.44. The van der Waals surface area contributed by atoms with Gasteiger partial charge in [0.05, 0.1) is 24.0 Å². The van der Waals surface area contributed by atoms with Crippen LogP contribution in [-0.4, -0.2) is 35.4 Å². The van der Waals surface area contributed by atoms with Gasteiger partial charge < -0.3 is 10.2 Å². The van der Waals surface area contributed by atoms with Crippen LogP contribution in [0.15, 0.2) is 24.3 Å². The van der Waals surface area contributed by atoms with Crippen molar-refractivity contribution in [3.63, 3.8) is 0 Å². The Hall–Kier alpha value is -2.62. The Morgan fingerprint density at radius 2 is 2.20 bits per heavy atom. The van der Waals surface area contributed by atoms with Crippen LogP contribution < -0.4 is 5.32 Å². The SMILES string of the molecule is CC(CC#N)N(C)C(=O)CNc1ccccc1[N+](=O)[O-]. The first-order chi connectivity index (χ1) is 9.47. The van der Waals surface area contributed by atoms with Crippen LogP contribution in [0, 0.1) is 21.4 Å². The second-order valence-corrected chi connectivity index (χ2v) is 4.34. The first-order valence-corrected chi connectivity index (χ1v) is 6.07. The third-order valence-electron chi connectivity index (χ3n) is 2.97. The van der Waals surface area contributed by atoms with Crippen LogP contribution in [0.5, 0.6) is 0 Å². The molecule has 0 aliphatic rings. The van der Waals surface area contributed by atoms with Crippen LogP contribution in [0.25, 0.3) is 0 Å². The number of rotatable bonds is 6. The summed E-state index contributed by atoms with van der Waals surface area (Å²) >= 11 is 0. The monoisotopic (exact) mass is 276 g/mol. The number of nitro benzene ring substituents is 1. The highest BCUT2D eigenvalue weighted by atomic mass is 16.6. The summed E-state index contributed by atoms with van der Waals surface area (Å²) < 4.78 is 0. The molecule has 1 unspecified atom stereocenters. The number of nitrogens with zero attached hydrogens (tertiary/aromatic N) is 3. The zero-order valence-corrected chi connectivity index (χ0v) is 11.4. The van der Waals surface area contributed by atoms with Gasteiger partial charge in [-0.25, -0.2) is 0 Å². The minimum atomic E-state index is -0.505. The molecular weight excluding hydrogens is 260 g/mol. The van der Waals surface area contributed by atoms with Crippen molar-refractivity contribution >= 4 is 17.3 Å². The van der Waals surface area contributed by atoms with Gasteiger partial charge in [0.2, 0.25) is 5.91 Å². The number of para-hydroxylation sites is 2. The molecule has 1 amide bonds. The van der Waals surface area contributed by atoms with E-state index in [1.165, 1.54) is 11.0 Å². The van der Waals surface area contributed by atoms with Crippen molar-refractivity contribution in [2.45, 2.75) is 19.4 Å².